The molecule has 0 aromatic heterocycles. The number of carbonyl (C=O) groups is 1. The van der Waals surface area contributed by atoms with E-state index in [0.29, 0.717) is 0 Å². The molecule has 1 N–H and O–H groups in total. The molecule has 0 saturated carbocycles. The SMILES string of the molecule is O=C(O)c1ccccc1F.[KH]. The minimum atomic E-state index is -1.24. The van der Waals surface area contributed by atoms with Crippen LogP contribution >= 0.6 is 0 Å². The molecule has 0 saturated heterocycles. The van der Waals surface area contributed by atoms with Crippen LogP contribution in [0, 0.1) is 5.82 Å². The third-order valence-electron chi connectivity index (χ3n) is 1.10. The second kappa shape index (κ2) is 5.00. The summed E-state index contributed by atoms with van der Waals surface area (Å²) in [4.78, 5) is 10.2. The van der Waals surface area contributed by atoms with Gasteiger partial charge >= 0.3 is 57.4 Å². The van der Waals surface area contributed by atoms with Gasteiger partial charge in [0, 0.05) is 0 Å². The van der Waals surface area contributed by atoms with E-state index in [9.17, 15) is 9.18 Å². The summed E-state index contributed by atoms with van der Waals surface area (Å²) in [5.41, 5.74) is -0.289. The number of halogens is 1. The summed E-state index contributed by atoms with van der Waals surface area (Å²) in [6.07, 6.45) is 0. The molecule has 2 nitrogen and oxygen atoms in total. The standard InChI is InChI=1S/C7H5FO2.K.H/c8-6-4-2-1-3-5(6)7(9)10;;/h1-4H,(H,9,10);;. The Morgan fingerprint density at radius 2 is 1.91 bits per heavy atom. The van der Waals surface area contributed by atoms with Crippen molar-refractivity contribution in [2.24, 2.45) is 0 Å². The summed E-state index contributed by atoms with van der Waals surface area (Å²) in [6.45, 7) is 0. The molecule has 1 aromatic rings. The minimum absolute atomic E-state index is 0. The molecule has 0 heterocycles. The topological polar surface area (TPSA) is 37.3 Å². The van der Waals surface area contributed by atoms with Gasteiger partial charge in [0.05, 0.1) is 5.56 Å². The number of hydrogen-bond acceptors (Lipinski definition) is 1. The van der Waals surface area contributed by atoms with E-state index in [1.165, 1.54) is 18.2 Å². The van der Waals surface area contributed by atoms with Gasteiger partial charge < -0.3 is 5.11 Å². The second-order valence-electron chi connectivity index (χ2n) is 1.78. The molecular weight excluding hydrogens is 174 g/mol. The van der Waals surface area contributed by atoms with Crippen molar-refractivity contribution in [3.05, 3.63) is 35.6 Å². The molecule has 0 spiro atoms. The molecule has 54 valence electrons. The van der Waals surface area contributed by atoms with Crippen LogP contribution in [0.4, 0.5) is 4.39 Å². The van der Waals surface area contributed by atoms with Crippen LogP contribution in [0.15, 0.2) is 24.3 Å². The Bertz CT molecular complexity index is 262. The molecule has 1 aromatic carbocycles. The molecule has 0 amide bonds. The van der Waals surface area contributed by atoms with Crippen molar-refractivity contribution in [3.8, 4) is 0 Å². The monoisotopic (exact) mass is 180 g/mol. The van der Waals surface area contributed by atoms with Crippen LogP contribution in [0.2, 0.25) is 0 Å². The fraction of sp³-hybridized carbons (Fsp3) is 0. The zero-order valence-corrected chi connectivity index (χ0v) is 5.04. The Morgan fingerprint density at radius 3 is 2.27 bits per heavy atom. The molecule has 11 heavy (non-hydrogen) atoms. The van der Waals surface area contributed by atoms with E-state index in [1.54, 1.807) is 0 Å². The molecule has 0 bridgehead atoms. The first kappa shape index (κ1) is 11.3. The van der Waals surface area contributed by atoms with Gasteiger partial charge in [0.15, 0.2) is 0 Å². The molecule has 0 aliphatic rings. The van der Waals surface area contributed by atoms with Crippen LogP contribution in [0.5, 0.6) is 0 Å². The normalized spacial score (nSPS) is 8.45. The summed E-state index contributed by atoms with van der Waals surface area (Å²) in [7, 11) is 0. The molecule has 4 heteroatoms. The van der Waals surface area contributed by atoms with Crippen LogP contribution in [0.1, 0.15) is 10.4 Å². The summed E-state index contributed by atoms with van der Waals surface area (Å²) in [5.74, 6) is -1.94. The summed E-state index contributed by atoms with van der Waals surface area (Å²) in [5, 5.41) is 8.33. The van der Waals surface area contributed by atoms with Gasteiger partial charge in [-0.3, -0.25) is 0 Å². The molecular formula is C7H6FKO2. The van der Waals surface area contributed by atoms with Crippen LogP contribution in [-0.4, -0.2) is 62.5 Å². The molecule has 0 aliphatic carbocycles. The summed E-state index contributed by atoms with van der Waals surface area (Å²) >= 11 is 0. The molecule has 0 radical (unpaired) electrons. The Kier molecular flexibility index (Phi) is 5.12. The number of benzene rings is 1. The van der Waals surface area contributed by atoms with Gasteiger partial charge in [-0.15, -0.1) is 0 Å². The average molecular weight is 180 g/mol. The van der Waals surface area contributed by atoms with E-state index in [2.05, 4.69) is 0 Å². The second-order valence-corrected chi connectivity index (χ2v) is 1.78. The van der Waals surface area contributed by atoms with Gasteiger partial charge in [0.1, 0.15) is 5.82 Å². The molecule has 0 unspecified atom stereocenters. The van der Waals surface area contributed by atoms with Crippen molar-refractivity contribution in [2.75, 3.05) is 0 Å². The maximum absolute atomic E-state index is 12.5. The van der Waals surface area contributed by atoms with E-state index in [4.69, 9.17) is 5.11 Å². The molecule has 0 atom stereocenters. The first-order chi connectivity index (χ1) is 4.72. The third-order valence-corrected chi connectivity index (χ3v) is 1.10. The number of carboxylic acids is 1. The van der Waals surface area contributed by atoms with Gasteiger partial charge in [-0.2, -0.15) is 0 Å². The van der Waals surface area contributed by atoms with Crippen LogP contribution in [-0.2, 0) is 0 Å². The summed E-state index contributed by atoms with van der Waals surface area (Å²) in [6, 6.07) is 5.26. The van der Waals surface area contributed by atoms with Crippen LogP contribution < -0.4 is 0 Å². The van der Waals surface area contributed by atoms with Gasteiger partial charge in [-0.1, -0.05) is 12.1 Å². The van der Waals surface area contributed by atoms with Crippen molar-refractivity contribution in [2.45, 2.75) is 0 Å². The van der Waals surface area contributed by atoms with E-state index in [0.717, 1.165) is 6.07 Å². The number of hydrogen-bond donors (Lipinski definition) is 1. The van der Waals surface area contributed by atoms with Gasteiger partial charge in [-0.25, -0.2) is 9.18 Å². The Balaban J connectivity index is 0.000001000. The first-order valence-electron chi connectivity index (χ1n) is 2.69. The Morgan fingerprint density at radius 1 is 1.36 bits per heavy atom. The van der Waals surface area contributed by atoms with Crippen molar-refractivity contribution in [1.82, 2.24) is 0 Å². The van der Waals surface area contributed by atoms with Gasteiger partial charge in [0.25, 0.3) is 0 Å². The maximum atomic E-state index is 12.5. The Hall–Kier alpha value is 0.256. The third kappa shape index (κ3) is 3.00. The molecule has 1 rings (SSSR count). The van der Waals surface area contributed by atoms with Crippen molar-refractivity contribution < 1.29 is 14.3 Å². The predicted molar refractivity (Wildman–Crippen MR) is 40.5 cm³/mol. The van der Waals surface area contributed by atoms with Gasteiger partial charge in [0.2, 0.25) is 0 Å². The van der Waals surface area contributed by atoms with Crippen molar-refractivity contribution in [3.63, 3.8) is 0 Å². The predicted octanol–water partition coefficient (Wildman–Crippen LogP) is 0.875. The molecule has 0 aliphatic heterocycles. The van der Waals surface area contributed by atoms with Crippen molar-refractivity contribution in [1.29, 1.82) is 0 Å². The number of aromatic carboxylic acids is 1. The van der Waals surface area contributed by atoms with Crippen LogP contribution in [0.25, 0.3) is 0 Å². The quantitative estimate of drug-likeness (QED) is 0.651. The van der Waals surface area contributed by atoms with Gasteiger partial charge in [-0.05, 0) is 12.1 Å². The zero-order chi connectivity index (χ0) is 7.56. The van der Waals surface area contributed by atoms with E-state index in [-0.39, 0.29) is 56.9 Å². The zero-order valence-electron chi connectivity index (χ0n) is 5.04. The van der Waals surface area contributed by atoms with Crippen LogP contribution in [0.3, 0.4) is 0 Å². The number of rotatable bonds is 1. The molecule has 0 fully saturated rings. The fourth-order valence-electron chi connectivity index (χ4n) is 0.635. The first-order valence-corrected chi connectivity index (χ1v) is 2.69. The Labute approximate surface area is 106 Å². The number of carboxylic acid groups (broad SMARTS) is 1. The van der Waals surface area contributed by atoms with E-state index in [1.807, 2.05) is 0 Å². The van der Waals surface area contributed by atoms with E-state index >= 15 is 0 Å². The van der Waals surface area contributed by atoms with E-state index < -0.39 is 11.8 Å². The fourth-order valence-corrected chi connectivity index (χ4v) is 0.635. The summed E-state index contributed by atoms with van der Waals surface area (Å²) < 4.78 is 12.5. The van der Waals surface area contributed by atoms with Crippen molar-refractivity contribution >= 4 is 57.4 Å². The average Bonchev–Trinajstić information content (AvgIpc) is 1.88.